The third-order valence-electron chi connectivity index (χ3n) is 4.06. The van der Waals surface area contributed by atoms with Crippen LogP contribution in [-0.2, 0) is 0 Å². The summed E-state index contributed by atoms with van der Waals surface area (Å²) in [5, 5.41) is 0. The number of ether oxygens (including phenoxy) is 2. The van der Waals surface area contributed by atoms with Crippen LogP contribution in [-0.4, -0.2) is 30.5 Å². The molecule has 0 N–H and O–H groups in total. The van der Waals surface area contributed by atoms with Gasteiger partial charge in [-0.3, -0.25) is 9.98 Å². The second kappa shape index (κ2) is 6.43. The van der Waals surface area contributed by atoms with Crippen LogP contribution in [0.1, 0.15) is 24.0 Å². The zero-order valence-corrected chi connectivity index (χ0v) is 13.2. The Morgan fingerprint density at radius 3 is 2.79 bits per heavy atom. The van der Waals surface area contributed by atoms with Crippen molar-refractivity contribution in [3.8, 4) is 11.5 Å². The van der Waals surface area contributed by atoms with Crippen LogP contribution in [0.3, 0.4) is 0 Å². The Balaban J connectivity index is 1.70. The minimum absolute atomic E-state index is 0.348. The van der Waals surface area contributed by atoms with Crippen LogP contribution in [0.25, 0.3) is 6.08 Å². The Morgan fingerprint density at radius 1 is 1.04 bits per heavy atom. The molecular formula is C19H17FN2O2. The van der Waals surface area contributed by atoms with Gasteiger partial charge in [-0.1, -0.05) is 6.07 Å². The van der Waals surface area contributed by atoms with Crippen molar-refractivity contribution in [1.82, 2.24) is 4.98 Å². The van der Waals surface area contributed by atoms with Gasteiger partial charge in [-0.15, -0.1) is 0 Å². The van der Waals surface area contributed by atoms with Crippen LogP contribution in [0.2, 0.25) is 0 Å². The van der Waals surface area contributed by atoms with Crippen molar-refractivity contribution >= 4 is 11.8 Å². The van der Waals surface area contributed by atoms with E-state index in [9.17, 15) is 4.39 Å². The van der Waals surface area contributed by atoms with Crippen molar-refractivity contribution in [2.45, 2.75) is 12.8 Å². The number of pyridine rings is 1. The summed E-state index contributed by atoms with van der Waals surface area (Å²) in [5.41, 5.74) is 3.65. The van der Waals surface area contributed by atoms with Gasteiger partial charge in [-0.25, -0.2) is 4.39 Å². The third-order valence-corrected chi connectivity index (χ3v) is 4.06. The molecule has 4 rings (SSSR count). The SMILES string of the molecule is Fc1cncc(C2=NCCCC2=Cc2ccc3c(c2)OCCO3)c1. The number of nitrogens with zero attached hydrogens (tertiary/aromatic N) is 2. The first kappa shape index (κ1) is 14.9. The van der Waals surface area contributed by atoms with Crippen molar-refractivity contribution in [3.05, 3.63) is 59.2 Å². The maximum absolute atomic E-state index is 13.5. The number of halogens is 1. The van der Waals surface area contributed by atoms with Gasteiger partial charge in [-0.05, 0) is 48.3 Å². The molecule has 2 aliphatic rings. The lowest BCUT2D eigenvalue weighted by Gasteiger charge is -2.19. The first-order valence-electron chi connectivity index (χ1n) is 8.05. The highest BCUT2D eigenvalue weighted by molar-refractivity contribution is 6.15. The maximum atomic E-state index is 13.5. The summed E-state index contributed by atoms with van der Waals surface area (Å²) in [4.78, 5) is 8.53. The molecular weight excluding hydrogens is 307 g/mol. The second-order valence-electron chi connectivity index (χ2n) is 5.80. The molecule has 0 saturated heterocycles. The van der Waals surface area contributed by atoms with Gasteiger partial charge in [0.2, 0.25) is 0 Å². The van der Waals surface area contributed by atoms with Crippen molar-refractivity contribution in [2.24, 2.45) is 4.99 Å². The molecule has 0 amide bonds. The fourth-order valence-corrected chi connectivity index (χ4v) is 2.99. The average Bonchev–Trinajstić information content (AvgIpc) is 2.62. The van der Waals surface area contributed by atoms with Crippen LogP contribution >= 0.6 is 0 Å². The van der Waals surface area contributed by atoms with E-state index in [0.29, 0.717) is 13.2 Å². The van der Waals surface area contributed by atoms with E-state index < -0.39 is 0 Å². The van der Waals surface area contributed by atoms with E-state index >= 15 is 0 Å². The number of rotatable bonds is 2. The number of hydrogen-bond acceptors (Lipinski definition) is 4. The summed E-state index contributed by atoms with van der Waals surface area (Å²) in [6.45, 7) is 1.90. The summed E-state index contributed by atoms with van der Waals surface area (Å²) < 4.78 is 24.7. The molecule has 3 heterocycles. The van der Waals surface area contributed by atoms with E-state index in [1.165, 1.54) is 12.3 Å². The Labute approximate surface area is 139 Å². The molecule has 4 nitrogen and oxygen atoms in total. The van der Waals surface area contributed by atoms with Crippen LogP contribution in [0.4, 0.5) is 4.39 Å². The average molecular weight is 324 g/mol. The molecule has 0 bridgehead atoms. The highest BCUT2D eigenvalue weighted by Crippen LogP contribution is 2.32. The third kappa shape index (κ3) is 3.02. The van der Waals surface area contributed by atoms with Gasteiger partial charge in [-0.2, -0.15) is 0 Å². The molecule has 2 aliphatic heterocycles. The Kier molecular flexibility index (Phi) is 3.99. The minimum Gasteiger partial charge on any atom is -0.486 e. The first-order valence-corrected chi connectivity index (χ1v) is 8.05. The quantitative estimate of drug-likeness (QED) is 0.847. The van der Waals surface area contributed by atoms with Gasteiger partial charge in [0, 0.05) is 18.3 Å². The molecule has 1 aromatic carbocycles. The minimum atomic E-state index is -0.348. The molecule has 122 valence electrons. The molecule has 0 fully saturated rings. The van der Waals surface area contributed by atoms with Crippen LogP contribution in [0, 0.1) is 5.82 Å². The summed E-state index contributed by atoms with van der Waals surface area (Å²) >= 11 is 0. The number of aromatic nitrogens is 1. The van der Waals surface area contributed by atoms with E-state index in [4.69, 9.17) is 9.47 Å². The second-order valence-corrected chi connectivity index (χ2v) is 5.80. The van der Waals surface area contributed by atoms with Crippen LogP contribution in [0.5, 0.6) is 11.5 Å². The lowest BCUT2D eigenvalue weighted by molar-refractivity contribution is 0.171. The molecule has 0 atom stereocenters. The summed E-state index contributed by atoms with van der Waals surface area (Å²) in [7, 11) is 0. The van der Waals surface area contributed by atoms with E-state index in [-0.39, 0.29) is 5.82 Å². The van der Waals surface area contributed by atoms with Crippen molar-refractivity contribution in [2.75, 3.05) is 19.8 Å². The number of hydrogen-bond donors (Lipinski definition) is 0. The van der Waals surface area contributed by atoms with Gasteiger partial charge in [0.25, 0.3) is 0 Å². The fourth-order valence-electron chi connectivity index (χ4n) is 2.99. The number of fused-ring (bicyclic) bond motifs is 1. The van der Waals surface area contributed by atoms with E-state index in [1.54, 1.807) is 6.20 Å². The standard InChI is InChI=1S/C19H17FN2O2/c20-16-10-15(11-21-12-16)19-14(2-1-5-22-19)8-13-3-4-17-18(9-13)24-7-6-23-17/h3-4,8-12H,1-2,5-7H2. The van der Waals surface area contributed by atoms with Gasteiger partial charge >= 0.3 is 0 Å². The van der Waals surface area contributed by atoms with E-state index in [0.717, 1.165) is 53.3 Å². The Morgan fingerprint density at radius 2 is 1.92 bits per heavy atom. The molecule has 0 aliphatic carbocycles. The Bertz CT molecular complexity index is 830. The van der Waals surface area contributed by atoms with Crippen molar-refractivity contribution < 1.29 is 13.9 Å². The molecule has 2 aromatic rings. The van der Waals surface area contributed by atoms with Crippen LogP contribution in [0.15, 0.2) is 47.2 Å². The van der Waals surface area contributed by atoms with Gasteiger partial charge in [0.15, 0.2) is 11.5 Å². The highest BCUT2D eigenvalue weighted by atomic mass is 19.1. The number of benzene rings is 1. The largest absolute Gasteiger partial charge is 0.486 e. The van der Waals surface area contributed by atoms with Crippen molar-refractivity contribution in [3.63, 3.8) is 0 Å². The predicted molar refractivity (Wildman–Crippen MR) is 90.2 cm³/mol. The molecule has 0 spiro atoms. The normalized spacial score (nSPS) is 18.4. The lowest BCUT2D eigenvalue weighted by Crippen LogP contribution is -2.15. The first-order chi connectivity index (χ1) is 11.8. The van der Waals surface area contributed by atoms with Gasteiger partial charge < -0.3 is 9.47 Å². The molecule has 1 aromatic heterocycles. The molecule has 0 unspecified atom stereocenters. The topological polar surface area (TPSA) is 43.7 Å². The maximum Gasteiger partial charge on any atom is 0.161 e. The highest BCUT2D eigenvalue weighted by Gasteiger charge is 2.16. The van der Waals surface area contributed by atoms with E-state index in [1.807, 2.05) is 18.2 Å². The molecule has 5 heteroatoms. The van der Waals surface area contributed by atoms with Crippen LogP contribution < -0.4 is 9.47 Å². The summed E-state index contributed by atoms with van der Waals surface area (Å²) in [5.74, 6) is 1.19. The monoisotopic (exact) mass is 324 g/mol. The van der Waals surface area contributed by atoms with E-state index in [2.05, 4.69) is 16.1 Å². The number of aliphatic imine (C=N–C) groups is 1. The summed E-state index contributed by atoms with van der Waals surface area (Å²) in [6, 6.07) is 7.37. The summed E-state index contributed by atoms with van der Waals surface area (Å²) in [6.07, 6.45) is 6.84. The van der Waals surface area contributed by atoms with Gasteiger partial charge in [0.05, 0.1) is 11.9 Å². The predicted octanol–water partition coefficient (Wildman–Crippen LogP) is 3.66. The molecule has 0 saturated carbocycles. The zero-order chi connectivity index (χ0) is 16.4. The molecule has 0 radical (unpaired) electrons. The lowest BCUT2D eigenvalue weighted by atomic mass is 9.95. The number of allylic oxidation sites excluding steroid dienone is 1. The Hall–Kier alpha value is -2.69. The van der Waals surface area contributed by atoms with Gasteiger partial charge in [0.1, 0.15) is 19.0 Å². The van der Waals surface area contributed by atoms with Crippen molar-refractivity contribution in [1.29, 1.82) is 0 Å². The smallest absolute Gasteiger partial charge is 0.161 e. The molecule has 24 heavy (non-hydrogen) atoms. The fraction of sp³-hybridized carbons (Fsp3) is 0.263. The zero-order valence-electron chi connectivity index (χ0n) is 13.2.